The predicted molar refractivity (Wildman–Crippen MR) is 83.9 cm³/mol. The van der Waals surface area contributed by atoms with E-state index in [4.69, 9.17) is 9.47 Å². The monoisotopic (exact) mass is 313 g/mol. The predicted octanol–water partition coefficient (Wildman–Crippen LogP) is 1.71. The van der Waals surface area contributed by atoms with Gasteiger partial charge in [-0.3, -0.25) is 9.59 Å². The van der Waals surface area contributed by atoms with Crippen LogP contribution in [0.15, 0.2) is 36.4 Å². The molecule has 4 atom stereocenters. The lowest BCUT2D eigenvalue weighted by Gasteiger charge is -2.23. The van der Waals surface area contributed by atoms with Crippen molar-refractivity contribution in [1.29, 1.82) is 0 Å². The molecule has 0 aromatic heterocycles. The zero-order chi connectivity index (χ0) is 16.2. The van der Waals surface area contributed by atoms with Crippen molar-refractivity contribution in [3.63, 3.8) is 0 Å². The summed E-state index contributed by atoms with van der Waals surface area (Å²) < 4.78 is 10.9. The molecule has 1 amide bonds. The number of aryl methyl sites for hydroxylation is 1. The Bertz CT molecular complexity index is 713. The molecule has 0 radical (unpaired) electrons. The molecule has 1 spiro atoms. The number of amides is 1. The number of carbonyl (C=O) groups excluding carboxylic acids is 2. The van der Waals surface area contributed by atoms with Gasteiger partial charge in [0.1, 0.15) is 11.5 Å². The third kappa shape index (κ3) is 1.83. The maximum absolute atomic E-state index is 13.1. The van der Waals surface area contributed by atoms with Crippen molar-refractivity contribution in [2.24, 2.45) is 11.8 Å². The lowest BCUT2D eigenvalue weighted by atomic mass is 9.77. The van der Waals surface area contributed by atoms with E-state index in [1.807, 2.05) is 36.4 Å². The maximum atomic E-state index is 13.1. The van der Waals surface area contributed by atoms with Crippen LogP contribution in [0.1, 0.15) is 12.5 Å². The summed E-state index contributed by atoms with van der Waals surface area (Å²) in [5.74, 6) is -1.45. The molecule has 1 aromatic carbocycles. The van der Waals surface area contributed by atoms with Crippen LogP contribution < -0.4 is 4.90 Å². The van der Waals surface area contributed by atoms with Gasteiger partial charge in [-0.2, -0.15) is 0 Å². The van der Waals surface area contributed by atoms with Crippen LogP contribution in [0.25, 0.3) is 0 Å². The highest BCUT2D eigenvalue weighted by atomic mass is 16.5. The van der Waals surface area contributed by atoms with Crippen molar-refractivity contribution in [2.75, 3.05) is 18.6 Å². The molecule has 5 nitrogen and oxygen atoms in total. The molecule has 2 fully saturated rings. The molecule has 0 aliphatic carbocycles. The molecular formula is C18H19NO4. The minimum atomic E-state index is -0.693. The highest BCUT2D eigenvalue weighted by Crippen LogP contribution is 2.53. The van der Waals surface area contributed by atoms with Gasteiger partial charge in [0.15, 0.2) is 0 Å². The standard InChI is InChI=1S/C18H19NO4/c1-3-11-6-4-5-7-12(11)19-10-18-9-8-13(23-18)14(17(21)22-2)15(18)16(19)20/h4-9,13-15H,3,10H2,1-2H3/t13-,14?,15-,18?/m1/s1. The fourth-order valence-electron chi connectivity index (χ4n) is 4.18. The van der Waals surface area contributed by atoms with E-state index in [2.05, 4.69) is 6.92 Å². The van der Waals surface area contributed by atoms with E-state index < -0.39 is 17.4 Å². The SMILES string of the molecule is CCc1ccccc1N1CC23C=C[C@@H](O2)C(C(=O)OC)[C@@H]3C1=O. The molecule has 2 unspecified atom stereocenters. The number of methoxy groups -OCH3 is 1. The summed E-state index contributed by atoms with van der Waals surface area (Å²) in [6.45, 7) is 2.52. The van der Waals surface area contributed by atoms with E-state index in [9.17, 15) is 9.59 Å². The molecule has 3 heterocycles. The summed E-state index contributed by atoms with van der Waals surface area (Å²) in [5, 5.41) is 0. The van der Waals surface area contributed by atoms with Crippen LogP contribution in [0, 0.1) is 11.8 Å². The van der Waals surface area contributed by atoms with Gasteiger partial charge in [-0.1, -0.05) is 37.3 Å². The summed E-state index contributed by atoms with van der Waals surface area (Å²) in [6, 6.07) is 7.89. The maximum Gasteiger partial charge on any atom is 0.312 e. The number of esters is 1. The first kappa shape index (κ1) is 14.5. The molecule has 5 heteroatoms. The summed E-state index contributed by atoms with van der Waals surface area (Å²) in [4.78, 5) is 27.0. The number of ether oxygens (including phenoxy) is 2. The minimum absolute atomic E-state index is 0.0480. The second-order valence-electron chi connectivity index (χ2n) is 6.33. The van der Waals surface area contributed by atoms with Crippen molar-refractivity contribution in [2.45, 2.75) is 25.0 Å². The number of para-hydroxylation sites is 1. The molecule has 3 aliphatic heterocycles. The molecule has 2 bridgehead atoms. The highest BCUT2D eigenvalue weighted by Gasteiger charge is 2.67. The van der Waals surface area contributed by atoms with Crippen molar-refractivity contribution in [3.8, 4) is 0 Å². The Morgan fingerprint density at radius 2 is 2.22 bits per heavy atom. The van der Waals surface area contributed by atoms with E-state index in [1.54, 1.807) is 4.90 Å². The number of fused-ring (bicyclic) bond motifs is 1. The van der Waals surface area contributed by atoms with E-state index in [0.717, 1.165) is 17.7 Å². The van der Waals surface area contributed by atoms with Crippen molar-refractivity contribution in [1.82, 2.24) is 0 Å². The molecular weight excluding hydrogens is 294 g/mol. The van der Waals surface area contributed by atoms with Gasteiger partial charge in [-0.25, -0.2) is 0 Å². The number of hydrogen-bond donors (Lipinski definition) is 0. The minimum Gasteiger partial charge on any atom is -0.469 e. The van der Waals surface area contributed by atoms with Gasteiger partial charge in [0.2, 0.25) is 5.91 Å². The lowest BCUT2D eigenvalue weighted by molar-refractivity contribution is -0.149. The number of nitrogens with zero attached hydrogens (tertiary/aromatic N) is 1. The lowest BCUT2D eigenvalue weighted by Crippen LogP contribution is -2.39. The second kappa shape index (κ2) is 4.93. The number of rotatable bonds is 3. The first-order valence-corrected chi connectivity index (χ1v) is 7.95. The molecule has 4 rings (SSSR count). The van der Waals surface area contributed by atoms with Crippen LogP contribution in [-0.4, -0.2) is 37.2 Å². The van der Waals surface area contributed by atoms with Gasteiger partial charge >= 0.3 is 5.97 Å². The summed E-state index contributed by atoms with van der Waals surface area (Å²) in [6.07, 6.45) is 4.34. The van der Waals surface area contributed by atoms with Gasteiger partial charge in [0.25, 0.3) is 0 Å². The first-order chi connectivity index (χ1) is 11.1. The van der Waals surface area contributed by atoms with E-state index in [1.165, 1.54) is 7.11 Å². The molecule has 3 aliphatic rings. The van der Waals surface area contributed by atoms with E-state index in [0.29, 0.717) is 6.54 Å². The van der Waals surface area contributed by atoms with Crippen LogP contribution in [0.5, 0.6) is 0 Å². The van der Waals surface area contributed by atoms with Crippen molar-refractivity contribution < 1.29 is 19.1 Å². The van der Waals surface area contributed by atoms with E-state index in [-0.39, 0.29) is 18.0 Å². The highest BCUT2D eigenvalue weighted by molar-refractivity contribution is 6.03. The number of benzene rings is 1. The normalized spacial score (nSPS) is 34.1. The fraction of sp³-hybridized carbons (Fsp3) is 0.444. The zero-order valence-electron chi connectivity index (χ0n) is 13.2. The Balaban J connectivity index is 1.75. The number of anilines is 1. The van der Waals surface area contributed by atoms with Crippen molar-refractivity contribution in [3.05, 3.63) is 42.0 Å². The summed E-state index contributed by atoms with van der Waals surface area (Å²) in [7, 11) is 1.36. The summed E-state index contributed by atoms with van der Waals surface area (Å²) >= 11 is 0. The fourth-order valence-corrected chi connectivity index (χ4v) is 4.18. The van der Waals surface area contributed by atoms with E-state index >= 15 is 0 Å². The molecule has 120 valence electrons. The van der Waals surface area contributed by atoms with Crippen LogP contribution in [-0.2, 0) is 25.5 Å². The zero-order valence-corrected chi connectivity index (χ0v) is 13.2. The molecule has 23 heavy (non-hydrogen) atoms. The molecule has 2 saturated heterocycles. The Kier molecular flexibility index (Phi) is 3.10. The van der Waals surface area contributed by atoms with Gasteiger partial charge in [-0.15, -0.1) is 0 Å². The van der Waals surface area contributed by atoms with Crippen LogP contribution in [0.2, 0.25) is 0 Å². The van der Waals surface area contributed by atoms with Crippen LogP contribution in [0.4, 0.5) is 5.69 Å². The first-order valence-electron chi connectivity index (χ1n) is 7.95. The Morgan fingerprint density at radius 1 is 1.43 bits per heavy atom. The molecule has 0 saturated carbocycles. The largest absolute Gasteiger partial charge is 0.469 e. The van der Waals surface area contributed by atoms with Crippen LogP contribution >= 0.6 is 0 Å². The van der Waals surface area contributed by atoms with Gasteiger partial charge in [0, 0.05) is 5.69 Å². The van der Waals surface area contributed by atoms with Crippen LogP contribution in [0.3, 0.4) is 0 Å². The third-order valence-electron chi connectivity index (χ3n) is 5.24. The average Bonchev–Trinajstić information content (AvgIpc) is 3.22. The van der Waals surface area contributed by atoms with Gasteiger partial charge in [0.05, 0.1) is 25.7 Å². The number of hydrogen-bond acceptors (Lipinski definition) is 4. The Hall–Kier alpha value is -2.14. The average molecular weight is 313 g/mol. The van der Waals surface area contributed by atoms with Gasteiger partial charge in [-0.05, 0) is 18.1 Å². The summed E-state index contributed by atoms with van der Waals surface area (Å²) in [5.41, 5.74) is 1.33. The second-order valence-corrected chi connectivity index (χ2v) is 6.33. The number of carbonyl (C=O) groups is 2. The smallest absolute Gasteiger partial charge is 0.312 e. The van der Waals surface area contributed by atoms with Gasteiger partial charge < -0.3 is 14.4 Å². The Labute approximate surface area is 134 Å². The quantitative estimate of drug-likeness (QED) is 0.630. The topological polar surface area (TPSA) is 55.8 Å². The molecule has 0 N–H and O–H groups in total. The Morgan fingerprint density at radius 3 is 2.96 bits per heavy atom. The third-order valence-corrected chi connectivity index (χ3v) is 5.24. The van der Waals surface area contributed by atoms with Crippen molar-refractivity contribution >= 4 is 17.6 Å². The molecule has 1 aromatic rings.